The molecule has 0 aliphatic heterocycles. The van der Waals surface area contributed by atoms with E-state index in [4.69, 9.17) is 0 Å². The molecule has 0 saturated carbocycles. The van der Waals surface area contributed by atoms with Crippen molar-refractivity contribution in [3.63, 3.8) is 0 Å². The van der Waals surface area contributed by atoms with Crippen molar-refractivity contribution in [2.75, 3.05) is 32.5 Å². The largest absolute Gasteiger partial charge is 0.372 e. The Balaban J connectivity index is 2.21. The molecule has 2 heterocycles. The summed E-state index contributed by atoms with van der Waals surface area (Å²) in [6.45, 7) is 3.71. The highest BCUT2D eigenvalue weighted by Gasteiger charge is 2.13. The number of rotatable bonds is 6. The van der Waals surface area contributed by atoms with E-state index in [-0.39, 0.29) is 5.91 Å². The van der Waals surface area contributed by atoms with Gasteiger partial charge < -0.3 is 10.6 Å². The number of nitrogens with zero attached hydrogens (tertiary/aromatic N) is 3. The summed E-state index contributed by atoms with van der Waals surface area (Å²) in [5.74, 6) is 1.56. The Morgan fingerprint density at radius 1 is 1.40 bits per heavy atom. The molecular weight excluding hydrogens is 274 g/mol. The third kappa shape index (κ3) is 3.23. The van der Waals surface area contributed by atoms with Gasteiger partial charge in [-0.25, -0.2) is 9.97 Å². The number of amides is 1. The van der Waals surface area contributed by atoms with E-state index in [9.17, 15) is 4.79 Å². The lowest BCUT2D eigenvalue weighted by Gasteiger charge is -2.18. The van der Waals surface area contributed by atoms with Gasteiger partial charge in [0.05, 0.1) is 18.5 Å². The van der Waals surface area contributed by atoms with Crippen LogP contribution >= 0.6 is 11.3 Å². The van der Waals surface area contributed by atoms with Crippen LogP contribution in [0.5, 0.6) is 0 Å². The number of thiophene rings is 1. The van der Waals surface area contributed by atoms with Crippen molar-refractivity contribution in [3.8, 4) is 0 Å². The van der Waals surface area contributed by atoms with Crippen LogP contribution in [0.4, 0.5) is 5.82 Å². The minimum absolute atomic E-state index is 0.00195. The standard InChI is InChI=1S/C13H19N5OS/c1-4-18(8-11(19)14-2)7-10-16-12(15-3)9-5-6-20-13(9)17-10/h5-6H,4,7-8H2,1-3H3,(H,14,19)(H,15,16,17). The summed E-state index contributed by atoms with van der Waals surface area (Å²) < 4.78 is 0. The Bertz CT molecular complexity index is 597. The van der Waals surface area contributed by atoms with Gasteiger partial charge in [-0.05, 0) is 18.0 Å². The molecule has 0 radical (unpaired) electrons. The number of nitrogens with one attached hydrogen (secondary N) is 2. The number of aromatic nitrogens is 2. The minimum atomic E-state index is -0.00195. The highest BCUT2D eigenvalue weighted by atomic mass is 32.1. The average molecular weight is 293 g/mol. The molecule has 1 amide bonds. The molecule has 20 heavy (non-hydrogen) atoms. The number of carbonyl (C=O) groups is 1. The summed E-state index contributed by atoms with van der Waals surface area (Å²) >= 11 is 1.60. The first kappa shape index (κ1) is 14.7. The van der Waals surface area contributed by atoms with E-state index in [1.54, 1.807) is 18.4 Å². The maximum absolute atomic E-state index is 11.5. The zero-order valence-electron chi connectivity index (χ0n) is 11.9. The van der Waals surface area contributed by atoms with E-state index in [1.165, 1.54) is 0 Å². The van der Waals surface area contributed by atoms with E-state index in [0.717, 1.165) is 28.4 Å². The zero-order valence-corrected chi connectivity index (χ0v) is 12.8. The lowest BCUT2D eigenvalue weighted by atomic mass is 10.3. The fourth-order valence-corrected chi connectivity index (χ4v) is 2.71. The van der Waals surface area contributed by atoms with Crippen molar-refractivity contribution >= 4 is 33.3 Å². The van der Waals surface area contributed by atoms with Gasteiger partial charge in [0.1, 0.15) is 16.5 Å². The second-order valence-corrected chi connectivity index (χ2v) is 5.25. The van der Waals surface area contributed by atoms with Crippen LogP contribution in [-0.2, 0) is 11.3 Å². The van der Waals surface area contributed by atoms with Crippen LogP contribution in [0, 0.1) is 0 Å². The molecule has 6 nitrogen and oxygen atoms in total. The molecule has 7 heteroatoms. The Morgan fingerprint density at radius 2 is 2.20 bits per heavy atom. The Hall–Kier alpha value is -1.73. The molecular formula is C13H19N5OS. The summed E-state index contributed by atoms with van der Waals surface area (Å²) in [5.41, 5.74) is 0. The molecule has 2 aromatic rings. The molecule has 2 rings (SSSR count). The van der Waals surface area contributed by atoms with E-state index in [2.05, 4.69) is 20.6 Å². The summed E-state index contributed by atoms with van der Waals surface area (Å²) in [7, 11) is 3.49. The second-order valence-electron chi connectivity index (χ2n) is 4.35. The monoisotopic (exact) mass is 293 g/mol. The van der Waals surface area contributed by atoms with Crippen LogP contribution in [0.1, 0.15) is 12.7 Å². The maximum atomic E-state index is 11.5. The van der Waals surface area contributed by atoms with Crippen LogP contribution in [0.15, 0.2) is 11.4 Å². The molecule has 2 aromatic heterocycles. The van der Waals surface area contributed by atoms with Crippen molar-refractivity contribution in [1.82, 2.24) is 20.2 Å². The zero-order chi connectivity index (χ0) is 14.5. The van der Waals surface area contributed by atoms with Crippen LogP contribution < -0.4 is 10.6 Å². The van der Waals surface area contributed by atoms with E-state index in [0.29, 0.717) is 13.1 Å². The molecule has 0 aliphatic carbocycles. The first-order chi connectivity index (χ1) is 9.67. The fourth-order valence-electron chi connectivity index (χ4n) is 1.92. The highest BCUT2D eigenvalue weighted by Crippen LogP contribution is 2.24. The van der Waals surface area contributed by atoms with Gasteiger partial charge in [-0.15, -0.1) is 11.3 Å². The van der Waals surface area contributed by atoms with Gasteiger partial charge in [-0.3, -0.25) is 9.69 Å². The van der Waals surface area contributed by atoms with Gasteiger partial charge in [-0.1, -0.05) is 6.92 Å². The van der Waals surface area contributed by atoms with E-state index >= 15 is 0 Å². The quantitative estimate of drug-likeness (QED) is 0.840. The average Bonchev–Trinajstić information content (AvgIpc) is 2.93. The molecule has 0 aliphatic rings. The summed E-state index contributed by atoms with van der Waals surface area (Å²) in [5, 5.41) is 8.77. The molecule has 0 saturated heterocycles. The van der Waals surface area contributed by atoms with Gasteiger partial charge in [0.25, 0.3) is 0 Å². The van der Waals surface area contributed by atoms with Gasteiger partial charge >= 0.3 is 0 Å². The Labute approximate surface area is 122 Å². The van der Waals surface area contributed by atoms with Crippen molar-refractivity contribution < 1.29 is 4.79 Å². The summed E-state index contributed by atoms with van der Waals surface area (Å²) in [4.78, 5) is 23.5. The molecule has 0 aromatic carbocycles. The van der Waals surface area contributed by atoms with Crippen molar-refractivity contribution in [2.45, 2.75) is 13.5 Å². The lowest BCUT2D eigenvalue weighted by molar-refractivity contribution is -0.121. The molecule has 0 spiro atoms. The second kappa shape index (κ2) is 6.62. The molecule has 0 bridgehead atoms. The third-order valence-electron chi connectivity index (χ3n) is 3.07. The van der Waals surface area contributed by atoms with Gasteiger partial charge in [0, 0.05) is 14.1 Å². The number of carbonyl (C=O) groups excluding carboxylic acids is 1. The summed E-state index contributed by atoms with van der Waals surface area (Å²) in [6, 6.07) is 2.01. The third-order valence-corrected chi connectivity index (χ3v) is 3.87. The first-order valence-electron chi connectivity index (χ1n) is 6.52. The van der Waals surface area contributed by atoms with Crippen molar-refractivity contribution in [1.29, 1.82) is 0 Å². The van der Waals surface area contributed by atoms with Crippen LogP contribution in [0.2, 0.25) is 0 Å². The predicted octanol–water partition coefficient (Wildman–Crippen LogP) is 1.30. The van der Waals surface area contributed by atoms with Crippen LogP contribution in [0.3, 0.4) is 0 Å². The number of hydrogen-bond acceptors (Lipinski definition) is 6. The maximum Gasteiger partial charge on any atom is 0.233 e. The van der Waals surface area contributed by atoms with Crippen molar-refractivity contribution in [3.05, 3.63) is 17.3 Å². The number of fused-ring (bicyclic) bond motifs is 1. The normalized spacial score (nSPS) is 11.0. The van der Waals surface area contributed by atoms with E-state index < -0.39 is 0 Å². The highest BCUT2D eigenvalue weighted by molar-refractivity contribution is 7.16. The summed E-state index contributed by atoms with van der Waals surface area (Å²) in [6.07, 6.45) is 0. The first-order valence-corrected chi connectivity index (χ1v) is 7.40. The Kier molecular flexibility index (Phi) is 4.86. The lowest BCUT2D eigenvalue weighted by Crippen LogP contribution is -2.35. The molecule has 0 atom stereocenters. The predicted molar refractivity (Wildman–Crippen MR) is 82.0 cm³/mol. The molecule has 0 unspecified atom stereocenters. The number of anilines is 1. The SMILES string of the molecule is CCN(CC(=O)NC)Cc1nc(NC)c2ccsc2n1. The topological polar surface area (TPSA) is 70.2 Å². The molecule has 2 N–H and O–H groups in total. The van der Waals surface area contributed by atoms with Gasteiger partial charge in [-0.2, -0.15) is 0 Å². The fraction of sp³-hybridized carbons (Fsp3) is 0.462. The molecule has 0 fully saturated rings. The number of hydrogen-bond donors (Lipinski definition) is 2. The minimum Gasteiger partial charge on any atom is -0.372 e. The number of likely N-dealkylation sites (N-methyl/N-ethyl adjacent to an activating group) is 2. The van der Waals surface area contributed by atoms with Crippen molar-refractivity contribution in [2.24, 2.45) is 0 Å². The van der Waals surface area contributed by atoms with Gasteiger partial charge in [0.15, 0.2) is 0 Å². The Morgan fingerprint density at radius 3 is 2.85 bits per heavy atom. The van der Waals surface area contributed by atoms with E-state index in [1.807, 2.05) is 30.3 Å². The van der Waals surface area contributed by atoms with Gasteiger partial charge in [0.2, 0.25) is 5.91 Å². The smallest absolute Gasteiger partial charge is 0.233 e. The van der Waals surface area contributed by atoms with Crippen LogP contribution in [0.25, 0.3) is 10.2 Å². The van der Waals surface area contributed by atoms with Crippen LogP contribution in [-0.4, -0.2) is 48.0 Å². The molecule has 108 valence electrons.